The molecule has 0 aliphatic heterocycles. The Morgan fingerprint density at radius 2 is 1.56 bits per heavy atom. The Hall–Kier alpha value is -2.57. The van der Waals surface area contributed by atoms with E-state index >= 15 is 0 Å². The van der Waals surface area contributed by atoms with E-state index in [2.05, 4.69) is 60.5 Å². The van der Waals surface area contributed by atoms with Crippen LogP contribution in [0.5, 0.6) is 0 Å². The van der Waals surface area contributed by atoms with Crippen molar-refractivity contribution < 1.29 is 0 Å². The Morgan fingerprint density at radius 3 is 2.16 bits per heavy atom. The first-order valence-corrected chi connectivity index (χ1v) is 8.91. The van der Waals surface area contributed by atoms with Crippen molar-refractivity contribution in [1.29, 1.82) is 0 Å². The van der Waals surface area contributed by atoms with Crippen molar-refractivity contribution in [3.05, 3.63) is 30.0 Å². The van der Waals surface area contributed by atoms with Gasteiger partial charge in [-0.3, -0.25) is 5.43 Å². The van der Waals surface area contributed by atoms with Crippen LogP contribution in [0, 0.1) is 18.8 Å². The largest absolute Gasteiger partial charge is 0.265 e. The molecule has 2 N–H and O–H groups in total. The maximum Gasteiger partial charge on any atom is 0.265 e. The van der Waals surface area contributed by atoms with Gasteiger partial charge in [-0.25, -0.2) is 5.43 Å². The van der Waals surface area contributed by atoms with Gasteiger partial charge in [-0.2, -0.15) is 15.2 Å². The minimum absolute atomic E-state index is 0.367. The summed E-state index contributed by atoms with van der Waals surface area (Å²) < 4.78 is 0. The Morgan fingerprint density at radius 1 is 0.920 bits per heavy atom. The fourth-order valence-electron chi connectivity index (χ4n) is 2.84. The van der Waals surface area contributed by atoms with Gasteiger partial charge in [0.25, 0.3) is 5.95 Å². The van der Waals surface area contributed by atoms with Crippen molar-refractivity contribution in [2.24, 2.45) is 22.0 Å². The van der Waals surface area contributed by atoms with E-state index in [0.717, 1.165) is 38.5 Å². The minimum Gasteiger partial charge on any atom is -0.260 e. The molecule has 2 atom stereocenters. The molecule has 0 saturated heterocycles. The standard InChI is InChI=1S/C18H25N7/c1-14-17(23-19-12-15-8-4-2-5-9-15)21-18(25-22-14)24-20-13-16-10-6-3-7-11-16/h2-4,6,12-13,15-16H,5,7-11H2,1H3,(H2,21,23,24,25). The van der Waals surface area contributed by atoms with Gasteiger partial charge in [0.1, 0.15) is 5.69 Å². The third-order valence-electron chi connectivity index (χ3n) is 4.38. The van der Waals surface area contributed by atoms with Crippen LogP contribution in [-0.4, -0.2) is 27.6 Å². The summed E-state index contributed by atoms with van der Waals surface area (Å²) in [6.45, 7) is 1.85. The molecule has 0 bridgehead atoms. The van der Waals surface area contributed by atoms with Crippen LogP contribution in [0.25, 0.3) is 0 Å². The van der Waals surface area contributed by atoms with E-state index in [1.54, 1.807) is 0 Å². The highest BCUT2D eigenvalue weighted by molar-refractivity contribution is 5.63. The summed E-state index contributed by atoms with van der Waals surface area (Å²) >= 11 is 0. The van der Waals surface area contributed by atoms with Crippen LogP contribution in [0.15, 0.2) is 34.5 Å². The van der Waals surface area contributed by atoms with Crippen molar-refractivity contribution in [3.63, 3.8) is 0 Å². The van der Waals surface area contributed by atoms with Crippen LogP contribution in [0.4, 0.5) is 11.8 Å². The molecule has 2 aliphatic carbocycles. The zero-order valence-electron chi connectivity index (χ0n) is 14.6. The van der Waals surface area contributed by atoms with Crippen molar-refractivity contribution in [1.82, 2.24) is 15.2 Å². The highest BCUT2D eigenvalue weighted by Gasteiger charge is 2.08. The maximum atomic E-state index is 4.39. The number of nitrogens with zero attached hydrogens (tertiary/aromatic N) is 5. The SMILES string of the molecule is Cc1nnc(NN=CC2CC=CCC2)nc1NN=CC1CC=CCC1. The molecule has 1 aromatic rings. The molecule has 3 rings (SSSR count). The summed E-state index contributed by atoms with van der Waals surface area (Å²) in [5, 5.41) is 16.7. The molecule has 7 nitrogen and oxygen atoms in total. The number of nitrogens with one attached hydrogen (secondary N) is 2. The van der Waals surface area contributed by atoms with E-state index in [1.165, 1.54) is 0 Å². The molecule has 0 spiro atoms. The molecule has 1 aromatic heterocycles. The maximum absolute atomic E-state index is 4.39. The normalized spacial score (nSPS) is 23.4. The van der Waals surface area contributed by atoms with Crippen molar-refractivity contribution in [2.75, 3.05) is 10.9 Å². The molecule has 1 heterocycles. The predicted molar refractivity (Wildman–Crippen MR) is 102 cm³/mol. The molecule has 0 saturated carbocycles. The number of hydrogen-bond donors (Lipinski definition) is 2. The zero-order chi connectivity index (χ0) is 17.3. The molecule has 0 fully saturated rings. The zero-order valence-corrected chi connectivity index (χ0v) is 14.6. The summed E-state index contributed by atoms with van der Waals surface area (Å²) in [6, 6.07) is 0. The average molecular weight is 339 g/mol. The van der Waals surface area contributed by atoms with Gasteiger partial charge in [-0.15, -0.1) is 10.2 Å². The number of anilines is 2. The highest BCUT2D eigenvalue weighted by Crippen LogP contribution is 2.17. The molecule has 132 valence electrons. The molecular weight excluding hydrogens is 314 g/mol. The summed E-state index contributed by atoms with van der Waals surface area (Å²) in [4.78, 5) is 4.39. The summed E-state index contributed by atoms with van der Waals surface area (Å²) in [5.41, 5.74) is 6.53. The van der Waals surface area contributed by atoms with Gasteiger partial charge in [0.2, 0.25) is 0 Å². The molecule has 25 heavy (non-hydrogen) atoms. The van der Waals surface area contributed by atoms with Crippen LogP contribution < -0.4 is 10.9 Å². The van der Waals surface area contributed by atoms with Crippen LogP contribution in [0.3, 0.4) is 0 Å². The Bertz CT molecular complexity index is 678. The monoisotopic (exact) mass is 339 g/mol. The minimum atomic E-state index is 0.367. The number of allylic oxidation sites excluding steroid dienone is 4. The lowest BCUT2D eigenvalue weighted by Gasteiger charge is -2.12. The van der Waals surface area contributed by atoms with Gasteiger partial charge in [0, 0.05) is 12.4 Å². The number of aryl methyl sites for hydroxylation is 1. The molecule has 2 unspecified atom stereocenters. The number of hydrazone groups is 2. The van der Waals surface area contributed by atoms with Crippen molar-refractivity contribution in [2.45, 2.75) is 45.4 Å². The fourth-order valence-corrected chi connectivity index (χ4v) is 2.84. The van der Waals surface area contributed by atoms with E-state index < -0.39 is 0 Å². The number of aromatic nitrogens is 3. The van der Waals surface area contributed by atoms with Crippen LogP contribution in [-0.2, 0) is 0 Å². The van der Waals surface area contributed by atoms with Gasteiger partial charge in [0.15, 0.2) is 5.82 Å². The number of rotatable bonds is 6. The summed E-state index contributed by atoms with van der Waals surface area (Å²) in [6.07, 6.45) is 19.3. The molecule has 7 heteroatoms. The first kappa shape index (κ1) is 17.3. The van der Waals surface area contributed by atoms with Crippen LogP contribution in [0.1, 0.15) is 44.2 Å². The van der Waals surface area contributed by atoms with Crippen molar-refractivity contribution >= 4 is 24.2 Å². The molecule has 0 aromatic carbocycles. The van der Waals surface area contributed by atoms with Crippen LogP contribution >= 0.6 is 0 Å². The van der Waals surface area contributed by atoms with Crippen LogP contribution in [0.2, 0.25) is 0 Å². The van der Waals surface area contributed by atoms with E-state index in [-0.39, 0.29) is 0 Å². The second-order valence-corrected chi connectivity index (χ2v) is 6.44. The van der Waals surface area contributed by atoms with E-state index in [4.69, 9.17) is 0 Å². The lowest BCUT2D eigenvalue weighted by atomic mass is 9.96. The van der Waals surface area contributed by atoms with Gasteiger partial charge in [-0.1, -0.05) is 24.3 Å². The molecule has 0 radical (unpaired) electrons. The first-order valence-electron chi connectivity index (χ1n) is 8.91. The third kappa shape index (κ3) is 5.48. The van der Waals surface area contributed by atoms with Gasteiger partial charge in [-0.05, 0) is 57.3 Å². The predicted octanol–water partition coefficient (Wildman–Crippen LogP) is 3.69. The topological polar surface area (TPSA) is 87.5 Å². The average Bonchev–Trinajstić information content (AvgIpc) is 2.66. The lowest BCUT2D eigenvalue weighted by molar-refractivity contribution is 0.626. The summed E-state index contributed by atoms with van der Waals surface area (Å²) in [5.74, 6) is 1.92. The highest BCUT2D eigenvalue weighted by atomic mass is 15.4. The Labute approximate surface area is 148 Å². The Balaban J connectivity index is 1.54. The second-order valence-electron chi connectivity index (χ2n) is 6.44. The van der Waals surface area contributed by atoms with E-state index in [9.17, 15) is 0 Å². The van der Waals surface area contributed by atoms with E-state index in [1.807, 2.05) is 19.4 Å². The van der Waals surface area contributed by atoms with Gasteiger partial charge < -0.3 is 0 Å². The second kappa shape index (κ2) is 9.05. The molecule has 0 amide bonds. The quantitative estimate of drug-likeness (QED) is 0.469. The molecule has 2 aliphatic rings. The van der Waals surface area contributed by atoms with E-state index in [0.29, 0.717) is 29.3 Å². The fraction of sp³-hybridized carbons (Fsp3) is 0.500. The summed E-state index contributed by atoms with van der Waals surface area (Å²) in [7, 11) is 0. The van der Waals surface area contributed by atoms with Gasteiger partial charge in [0.05, 0.1) is 0 Å². The molecular formula is C18H25N7. The first-order chi connectivity index (χ1) is 12.3. The number of hydrogen-bond acceptors (Lipinski definition) is 7. The smallest absolute Gasteiger partial charge is 0.260 e. The lowest BCUT2D eigenvalue weighted by Crippen LogP contribution is -2.09. The van der Waals surface area contributed by atoms with Gasteiger partial charge >= 0.3 is 0 Å². The Kier molecular flexibility index (Phi) is 6.25. The third-order valence-corrected chi connectivity index (χ3v) is 4.38. The van der Waals surface area contributed by atoms with Crippen molar-refractivity contribution in [3.8, 4) is 0 Å².